The van der Waals surface area contributed by atoms with Crippen LogP contribution in [0, 0.1) is 6.92 Å². The molecule has 3 nitrogen and oxygen atoms in total. The Bertz CT molecular complexity index is 378. The molecular weight excluding hydrogens is 214 g/mol. The van der Waals surface area contributed by atoms with Gasteiger partial charge in [-0.15, -0.1) is 0 Å². The highest BCUT2D eigenvalue weighted by Gasteiger charge is 2.21. The first-order valence-electron chi connectivity index (χ1n) is 6.74. The molecule has 0 spiro atoms. The molecule has 2 aliphatic rings. The molecule has 1 aromatic heterocycles. The van der Waals surface area contributed by atoms with Gasteiger partial charge in [0.25, 0.3) is 0 Å². The van der Waals surface area contributed by atoms with E-state index in [1.807, 2.05) is 6.92 Å². The third kappa shape index (κ3) is 2.90. The van der Waals surface area contributed by atoms with Gasteiger partial charge in [-0.1, -0.05) is 0 Å². The Kier molecular flexibility index (Phi) is 3.21. The van der Waals surface area contributed by atoms with Gasteiger partial charge in [0.1, 0.15) is 11.5 Å². The molecule has 2 saturated carbocycles. The fourth-order valence-electron chi connectivity index (χ4n) is 2.10. The molecule has 3 heteroatoms. The highest BCUT2D eigenvalue weighted by Crippen LogP contribution is 2.25. The van der Waals surface area contributed by atoms with E-state index in [1.165, 1.54) is 37.7 Å². The maximum atomic E-state index is 5.82. The molecule has 0 bridgehead atoms. The van der Waals surface area contributed by atoms with Crippen LogP contribution in [0.4, 0.5) is 0 Å². The van der Waals surface area contributed by atoms with E-state index >= 15 is 0 Å². The van der Waals surface area contributed by atoms with Gasteiger partial charge in [0, 0.05) is 11.6 Å². The van der Waals surface area contributed by atoms with Crippen LogP contribution in [0.3, 0.4) is 0 Å². The van der Waals surface area contributed by atoms with Crippen molar-refractivity contribution in [3.8, 4) is 0 Å². The second-order valence-electron chi connectivity index (χ2n) is 5.31. The van der Waals surface area contributed by atoms with E-state index in [9.17, 15) is 0 Å². The number of ether oxygens (including phenoxy) is 1. The molecule has 94 valence electrons. The summed E-state index contributed by atoms with van der Waals surface area (Å²) in [5.41, 5.74) is 1.21. The van der Waals surface area contributed by atoms with Crippen LogP contribution in [0.1, 0.15) is 49.2 Å². The molecule has 0 aromatic carbocycles. The molecule has 0 amide bonds. The van der Waals surface area contributed by atoms with Crippen molar-refractivity contribution in [2.24, 2.45) is 0 Å². The van der Waals surface area contributed by atoms with Gasteiger partial charge in [-0.25, -0.2) is 0 Å². The fraction of sp³-hybridized carbons (Fsp3) is 0.714. The Morgan fingerprint density at radius 1 is 1.35 bits per heavy atom. The first kappa shape index (κ1) is 11.3. The van der Waals surface area contributed by atoms with Gasteiger partial charge >= 0.3 is 0 Å². The van der Waals surface area contributed by atoms with Gasteiger partial charge in [0.15, 0.2) is 0 Å². The van der Waals surface area contributed by atoms with Gasteiger partial charge in [0.2, 0.25) is 0 Å². The molecule has 0 aliphatic heterocycles. The monoisotopic (exact) mass is 235 g/mol. The SMILES string of the molecule is Cc1oc(CNC2CC2)cc1COC1CCC1. The average molecular weight is 235 g/mol. The summed E-state index contributed by atoms with van der Waals surface area (Å²) in [6, 6.07) is 2.87. The number of aryl methyl sites for hydroxylation is 1. The van der Waals surface area contributed by atoms with Crippen molar-refractivity contribution >= 4 is 0 Å². The molecule has 2 fully saturated rings. The summed E-state index contributed by atoms with van der Waals surface area (Å²) in [4.78, 5) is 0. The summed E-state index contributed by atoms with van der Waals surface area (Å²) >= 11 is 0. The van der Waals surface area contributed by atoms with Gasteiger partial charge in [0.05, 0.1) is 19.3 Å². The number of furan rings is 1. The van der Waals surface area contributed by atoms with E-state index in [2.05, 4.69) is 11.4 Å². The van der Waals surface area contributed by atoms with Crippen molar-refractivity contribution in [1.29, 1.82) is 0 Å². The van der Waals surface area contributed by atoms with Crippen molar-refractivity contribution in [2.75, 3.05) is 0 Å². The second-order valence-corrected chi connectivity index (χ2v) is 5.31. The zero-order valence-corrected chi connectivity index (χ0v) is 10.5. The predicted octanol–water partition coefficient (Wildman–Crippen LogP) is 2.91. The van der Waals surface area contributed by atoms with Gasteiger partial charge < -0.3 is 14.5 Å². The smallest absolute Gasteiger partial charge is 0.118 e. The summed E-state index contributed by atoms with van der Waals surface area (Å²) in [6.45, 7) is 3.60. The average Bonchev–Trinajstić information content (AvgIpc) is 3.00. The molecule has 3 rings (SSSR count). The second kappa shape index (κ2) is 4.83. The quantitative estimate of drug-likeness (QED) is 0.823. The Morgan fingerprint density at radius 2 is 2.18 bits per heavy atom. The minimum Gasteiger partial charge on any atom is -0.465 e. The predicted molar refractivity (Wildman–Crippen MR) is 65.7 cm³/mol. The van der Waals surface area contributed by atoms with E-state index in [-0.39, 0.29) is 0 Å². The minimum atomic E-state index is 0.498. The zero-order valence-electron chi connectivity index (χ0n) is 10.5. The lowest BCUT2D eigenvalue weighted by molar-refractivity contribution is -0.00908. The zero-order chi connectivity index (χ0) is 11.7. The maximum absolute atomic E-state index is 5.82. The first-order valence-corrected chi connectivity index (χ1v) is 6.74. The van der Waals surface area contributed by atoms with E-state index in [1.54, 1.807) is 0 Å². The number of hydrogen-bond acceptors (Lipinski definition) is 3. The molecule has 1 aromatic rings. The van der Waals surface area contributed by atoms with Crippen LogP contribution in [0.2, 0.25) is 0 Å². The lowest BCUT2D eigenvalue weighted by atomic mass is 9.96. The highest BCUT2D eigenvalue weighted by atomic mass is 16.5. The minimum absolute atomic E-state index is 0.498. The third-order valence-corrected chi connectivity index (χ3v) is 3.74. The largest absolute Gasteiger partial charge is 0.465 e. The lowest BCUT2D eigenvalue weighted by Crippen LogP contribution is -2.21. The molecule has 0 atom stereocenters. The molecule has 2 aliphatic carbocycles. The first-order chi connectivity index (χ1) is 8.31. The number of nitrogens with one attached hydrogen (secondary N) is 1. The van der Waals surface area contributed by atoms with Crippen molar-refractivity contribution in [3.05, 3.63) is 23.2 Å². The number of rotatable bonds is 6. The molecule has 1 heterocycles. The highest BCUT2D eigenvalue weighted by molar-refractivity contribution is 5.20. The normalized spacial score (nSPS) is 20.5. The Labute approximate surface area is 103 Å². The maximum Gasteiger partial charge on any atom is 0.118 e. The fourth-order valence-corrected chi connectivity index (χ4v) is 2.10. The van der Waals surface area contributed by atoms with Crippen LogP contribution >= 0.6 is 0 Å². The standard InChI is InChI=1S/C14H21NO2/c1-10-11(9-16-13-3-2-4-13)7-14(17-10)8-15-12-5-6-12/h7,12-13,15H,2-6,8-9H2,1H3. The van der Waals surface area contributed by atoms with E-state index in [0.717, 1.165) is 24.1 Å². The lowest BCUT2D eigenvalue weighted by Gasteiger charge is -2.25. The molecule has 0 radical (unpaired) electrons. The summed E-state index contributed by atoms with van der Waals surface area (Å²) in [7, 11) is 0. The Balaban J connectivity index is 1.51. The molecular formula is C14H21NO2. The molecule has 0 saturated heterocycles. The van der Waals surface area contributed by atoms with Crippen LogP contribution < -0.4 is 5.32 Å². The molecule has 17 heavy (non-hydrogen) atoms. The third-order valence-electron chi connectivity index (χ3n) is 3.74. The Hall–Kier alpha value is -0.800. The summed E-state index contributed by atoms with van der Waals surface area (Å²) < 4.78 is 11.5. The van der Waals surface area contributed by atoms with Crippen LogP contribution in [0.15, 0.2) is 10.5 Å². The van der Waals surface area contributed by atoms with E-state index < -0.39 is 0 Å². The van der Waals surface area contributed by atoms with Crippen molar-refractivity contribution < 1.29 is 9.15 Å². The van der Waals surface area contributed by atoms with Crippen LogP contribution in [0.25, 0.3) is 0 Å². The topological polar surface area (TPSA) is 34.4 Å². The summed E-state index contributed by atoms with van der Waals surface area (Å²) in [5.74, 6) is 2.05. The van der Waals surface area contributed by atoms with Crippen molar-refractivity contribution in [2.45, 2.75) is 64.3 Å². The van der Waals surface area contributed by atoms with Crippen molar-refractivity contribution in [3.63, 3.8) is 0 Å². The number of hydrogen-bond donors (Lipinski definition) is 1. The van der Waals surface area contributed by atoms with E-state index in [0.29, 0.717) is 12.7 Å². The van der Waals surface area contributed by atoms with Crippen LogP contribution in [0.5, 0.6) is 0 Å². The van der Waals surface area contributed by atoms with Gasteiger partial charge in [-0.3, -0.25) is 0 Å². The molecule has 1 N–H and O–H groups in total. The summed E-state index contributed by atoms with van der Waals surface area (Å²) in [6.07, 6.45) is 6.91. The summed E-state index contributed by atoms with van der Waals surface area (Å²) in [5, 5.41) is 3.47. The van der Waals surface area contributed by atoms with Crippen molar-refractivity contribution in [1.82, 2.24) is 5.32 Å². The van der Waals surface area contributed by atoms with Crippen LogP contribution in [-0.2, 0) is 17.9 Å². The van der Waals surface area contributed by atoms with E-state index in [4.69, 9.17) is 9.15 Å². The van der Waals surface area contributed by atoms with Gasteiger partial charge in [-0.05, 0) is 45.1 Å². The Morgan fingerprint density at radius 3 is 2.82 bits per heavy atom. The molecule has 0 unspecified atom stereocenters. The van der Waals surface area contributed by atoms with Crippen LogP contribution in [-0.4, -0.2) is 12.1 Å². The van der Waals surface area contributed by atoms with Gasteiger partial charge in [-0.2, -0.15) is 0 Å².